The molecule has 0 radical (unpaired) electrons. The minimum absolute atomic E-state index is 0.00125. The number of hydrogen-bond acceptors (Lipinski definition) is 5. The van der Waals surface area contributed by atoms with Crippen molar-refractivity contribution in [1.29, 1.82) is 0 Å². The van der Waals surface area contributed by atoms with Crippen LogP contribution >= 0.6 is 0 Å². The van der Waals surface area contributed by atoms with Crippen molar-refractivity contribution in [2.45, 2.75) is 26.8 Å². The number of nitrogens with zero attached hydrogens (tertiary/aromatic N) is 2. The van der Waals surface area contributed by atoms with E-state index in [1.807, 2.05) is 6.92 Å². The Morgan fingerprint density at radius 1 is 1.40 bits per heavy atom. The van der Waals surface area contributed by atoms with Gasteiger partial charge in [-0.05, 0) is 32.9 Å². The molecule has 2 aromatic heterocycles. The van der Waals surface area contributed by atoms with E-state index < -0.39 is 17.5 Å². The highest BCUT2D eigenvalue weighted by atomic mass is 16.3. The van der Waals surface area contributed by atoms with Gasteiger partial charge in [0.25, 0.3) is 5.56 Å². The van der Waals surface area contributed by atoms with E-state index in [0.29, 0.717) is 11.5 Å². The van der Waals surface area contributed by atoms with E-state index in [1.54, 1.807) is 13.0 Å². The third kappa shape index (κ3) is 2.29. The minimum atomic E-state index is -0.877. The second kappa shape index (κ2) is 4.84. The molecule has 2 aromatic rings. The molecule has 0 saturated carbocycles. The summed E-state index contributed by atoms with van der Waals surface area (Å²) < 4.78 is 6.42. The molecule has 106 valence electrons. The Labute approximate surface area is 115 Å². The van der Waals surface area contributed by atoms with Gasteiger partial charge >= 0.3 is 0 Å². The van der Waals surface area contributed by atoms with Crippen LogP contribution in [-0.4, -0.2) is 15.7 Å². The highest BCUT2D eigenvalue weighted by Gasteiger charge is 2.18. The van der Waals surface area contributed by atoms with Gasteiger partial charge in [-0.15, -0.1) is 0 Å². The average molecular weight is 276 g/mol. The van der Waals surface area contributed by atoms with Crippen LogP contribution in [-0.2, 0) is 4.79 Å². The van der Waals surface area contributed by atoms with E-state index in [0.717, 1.165) is 16.0 Å². The number of nitrogen functional groups attached to an aromatic ring is 1. The van der Waals surface area contributed by atoms with Gasteiger partial charge in [0.1, 0.15) is 23.2 Å². The lowest BCUT2D eigenvalue weighted by atomic mass is 10.1. The van der Waals surface area contributed by atoms with Gasteiger partial charge in [-0.25, -0.2) is 4.68 Å². The van der Waals surface area contributed by atoms with Crippen LogP contribution in [0.4, 0.5) is 5.69 Å². The summed E-state index contributed by atoms with van der Waals surface area (Å²) in [6.07, 6.45) is 0. The van der Waals surface area contributed by atoms with Crippen molar-refractivity contribution >= 4 is 11.6 Å². The molecular weight excluding hydrogens is 260 g/mol. The number of aromatic nitrogens is 2. The lowest BCUT2D eigenvalue weighted by Crippen LogP contribution is -2.35. The lowest BCUT2D eigenvalue weighted by molar-refractivity contribution is -0.121. The fraction of sp³-hybridized carbons (Fsp3) is 0.308. The third-order valence-corrected chi connectivity index (χ3v) is 3.06. The molecule has 20 heavy (non-hydrogen) atoms. The van der Waals surface area contributed by atoms with E-state index in [2.05, 4.69) is 5.10 Å². The fourth-order valence-corrected chi connectivity index (χ4v) is 1.93. The highest BCUT2D eigenvalue weighted by Crippen LogP contribution is 2.25. The fourth-order valence-electron chi connectivity index (χ4n) is 1.93. The van der Waals surface area contributed by atoms with E-state index in [9.17, 15) is 9.59 Å². The van der Waals surface area contributed by atoms with Gasteiger partial charge in [-0.2, -0.15) is 5.10 Å². The predicted octanol–water partition coefficient (Wildman–Crippen LogP) is 0.749. The maximum atomic E-state index is 11.9. The first-order valence-electron chi connectivity index (χ1n) is 6.07. The molecule has 0 bridgehead atoms. The smallest absolute Gasteiger partial charge is 0.290 e. The summed E-state index contributed by atoms with van der Waals surface area (Å²) in [5.41, 5.74) is 11.6. The van der Waals surface area contributed by atoms with Crippen LogP contribution < -0.4 is 17.0 Å². The van der Waals surface area contributed by atoms with Gasteiger partial charge in [0, 0.05) is 5.56 Å². The number of furan rings is 1. The molecule has 1 amide bonds. The highest BCUT2D eigenvalue weighted by molar-refractivity contribution is 5.78. The van der Waals surface area contributed by atoms with Crippen molar-refractivity contribution in [2.75, 3.05) is 5.73 Å². The molecule has 0 aromatic carbocycles. The number of nitrogens with two attached hydrogens (primary N) is 2. The Kier molecular flexibility index (Phi) is 3.35. The molecule has 4 N–H and O–H groups in total. The van der Waals surface area contributed by atoms with E-state index in [-0.39, 0.29) is 5.69 Å². The Morgan fingerprint density at radius 3 is 2.55 bits per heavy atom. The summed E-state index contributed by atoms with van der Waals surface area (Å²) in [5.74, 6) is 0.723. The average Bonchev–Trinajstić information content (AvgIpc) is 2.70. The molecule has 2 heterocycles. The van der Waals surface area contributed by atoms with Gasteiger partial charge in [-0.1, -0.05) is 0 Å². The number of anilines is 1. The lowest BCUT2D eigenvalue weighted by Gasteiger charge is -2.12. The molecule has 0 spiro atoms. The molecule has 0 fully saturated rings. The first-order valence-corrected chi connectivity index (χ1v) is 6.07. The molecule has 7 heteroatoms. The Morgan fingerprint density at radius 2 is 2.05 bits per heavy atom. The van der Waals surface area contributed by atoms with Crippen molar-refractivity contribution < 1.29 is 9.21 Å². The zero-order chi connectivity index (χ0) is 15.0. The summed E-state index contributed by atoms with van der Waals surface area (Å²) in [4.78, 5) is 23.2. The largest absolute Gasteiger partial charge is 0.466 e. The zero-order valence-corrected chi connectivity index (χ0v) is 11.5. The molecule has 0 aliphatic heterocycles. The van der Waals surface area contributed by atoms with Crippen molar-refractivity contribution in [1.82, 2.24) is 9.78 Å². The monoisotopic (exact) mass is 276 g/mol. The van der Waals surface area contributed by atoms with Crippen molar-refractivity contribution in [3.63, 3.8) is 0 Å². The van der Waals surface area contributed by atoms with Crippen LogP contribution in [0.1, 0.15) is 24.5 Å². The van der Waals surface area contributed by atoms with Crippen LogP contribution in [0.2, 0.25) is 0 Å². The van der Waals surface area contributed by atoms with Crippen LogP contribution in [0.5, 0.6) is 0 Å². The normalized spacial score (nSPS) is 12.3. The van der Waals surface area contributed by atoms with Gasteiger partial charge in [0.05, 0.1) is 5.69 Å². The number of amides is 1. The zero-order valence-electron chi connectivity index (χ0n) is 11.5. The molecule has 7 nitrogen and oxygen atoms in total. The Balaban J connectivity index is 2.65. The first-order chi connectivity index (χ1) is 9.31. The van der Waals surface area contributed by atoms with Crippen molar-refractivity contribution in [2.24, 2.45) is 5.73 Å². The molecule has 0 saturated heterocycles. The number of rotatable bonds is 3. The topological polar surface area (TPSA) is 117 Å². The third-order valence-electron chi connectivity index (χ3n) is 3.06. The SMILES string of the molecule is Cc1cc(-c2cc(N)c(=O)n([C@@H](C)C(N)=O)n2)c(C)o1. The second-order valence-electron chi connectivity index (χ2n) is 4.64. The van der Waals surface area contributed by atoms with Crippen LogP contribution in [0.15, 0.2) is 21.3 Å². The summed E-state index contributed by atoms with van der Waals surface area (Å²) in [5, 5.41) is 4.16. The Hall–Kier alpha value is -2.57. The predicted molar refractivity (Wildman–Crippen MR) is 74.0 cm³/mol. The number of carbonyl (C=O) groups excluding carboxylic acids is 1. The molecule has 0 aliphatic carbocycles. The molecular formula is C13H16N4O3. The quantitative estimate of drug-likeness (QED) is 0.857. The van der Waals surface area contributed by atoms with Crippen LogP contribution in [0.25, 0.3) is 11.3 Å². The number of aryl methyl sites for hydroxylation is 2. The first kappa shape index (κ1) is 13.9. The summed E-state index contributed by atoms with van der Waals surface area (Å²) in [7, 11) is 0. The molecule has 0 unspecified atom stereocenters. The van der Waals surface area contributed by atoms with Crippen molar-refractivity contribution in [3.8, 4) is 11.3 Å². The molecule has 0 aliphatic rings. The molecule has 1 atom stereocenters. The van der Waals surface area contributed by atoms with E-state index in [4.69, 9.17) is 15.9 Å². The standard InChI is InChI=1S/C13H16N4O3/c1-6-4-9(8(3)20-6)11-5-10(14)13(19)17(16-11)7(2)12(15)18/h4-5,7H,14H2,1-3H3,(H2,15,18)/t7-/m0/s1. The minimum Gasteiger partial charge on any atom is -0.466 e. The number of primary amides is 1. The van der Waals surface area contributed by atoms with Gasteiger partial charge in [-0.3, -0.25) is 9.59 Å². The van der Waals surface area contributed by atoms with Crippen LogP contribution in [0.3, 0.4) is 0 Å². The maximum Gasteiger partial charge on any atom is 0.290 e. The number of carbonyl (C=O) groups is 1. The van der Waals surface area contributed by atoms with E-state index >= 15 is 0 Å². The summed E-state index contributed by atoms with van der Waals surface area (Å²) in [6.45, 7) is 5.09. The Bertz CT molecular complexity index is 730. The molecule has 2 rings (SSSR count). The summed E-state index contributed by atoms with van der Waals surface area (Å²) in [6, 6.07) is 2.38. The second-order valence-corrected chi connectivity index (χ2v) is 4.64. The maximum absolute atomic E-state index is 11.9. The van der Waals surface area contributed by atoms with Gasteiger partial charge in [0.2, 0.25) is 5.91 Å². The van der Waals surface area contributed by atoms with Crippen molar-refractivity contribution in [3.05, 3.63) is 34.0 Å². The van der Waals surface area contributed by atoms with Crippen LogP contribution in [0, 0.1) is 13.8 Å². The van der Waals surface area contributed by atoms with E-state index in [1.165, 1.54) is 13.0 Å². The summed E-state index contributed by atoms with van der Waals surface area (Å²) >= 11 is 0. The van der Waals surface area contributed by atoms with Gasteiger partial charge < -0.3 is 15.9 Å². The van der Waals surface area contributed by atoms with Gasteiger partial charge in [0.15, 0.2) is 0 Å². The number of hydrogen-bond donors (Lipinski definition) is 2.